The van der Waals surface area contributed by atoms with Gasteiger partial charge in [0.25, 0.3) is 0 Å². The van der Waals surface area contributed by atoms with Gasteiger partial charge in [0.2, 0.25) is 0 Å². The van der Waals surface area contributed by atoms with Crippen LogP contribution in [0.5, 0.6) is 0 Å². The smallest absolute Gasteiger partial charge is 0.179 e. The van der Waals surface area contributed by atoms with Crippen LogP contribution in [0.1, 0.15) is 12.8 Å². The highest BCUT2D eigenvalue weighted by Crippen LogP contribution is 2.21. The second-order valence-corrected chi connectivity index (χ2v) is 3.33. The van der Waals surface area contributed by atoms with Crippen LogP contribution in [0.25, 0.3) is 0 Å². The third kappa shape index (κ3) is 2.18. The normalized spacial score (nSPS) is 34.4. The molecule has 3 nitrogen and oxygen atoms in total. The number of ether oxygens (including phenoxy) is 2. The maximum atomic E-state index is 9.22. The first-order valence-corrected chi connectivity index (χ1v) is 4.63. The summed E-state index contributed by atoms with van der Waals surface area (Å²) in [5.41, 5.74) is 1.22. The third-order valence-electron chi connectivity index (χ3n) is 2.31. The standard InChI is InChI=1S/C10H14O3/c11-10-7-12-6-9(13-10)8-4-2-1-3-5-8/h1-2,4,9-11H,3,5-7H2. The van der Waals surface area contributed by atoms with Gasteiger partial charge in [0, 0.05) is 0 Å². The summed E-state index contributed by atoms with van der Waals surface area (Å²) in [6.45, 7) is 0.857. The summed E-state index contributed by atoms with van der Waals surface area (Å²) in [6.07, 6.45) is 7.47. The lowest BCUT2D eigenvalue weighted by Crippen LogP contribution is -2.37. The number of aliphatic hydroxyl groups excluding tert-OH is 1. The molecule has 0 aromatic heterocycles. The van der Waals surface area contributed by atoms with Crippen molar-refractivity contribution < 1.29 is 14.6 Å². The maximum Gasteiger partial charge on any atom is 0.179 e. The van der Waals surface area contributed by atoms with Crippen LogP contribution < -0.4 is 0 Å². The minimum atomic E-state index is -0.759. The van der Waals surface area contributed by atoms with Crippen molar-refractivity contribution in [3.8, 4) is 0 Å². The summed E-state index contributed by atoms with van der Waals surface area (Å²) in [4.78, 5) is 0. The summed E-state index contributed by atoms with van der Waals surface area (Å²) < 4.78 is 10.6. The van der Waals surface area contributed by atoms with Gasteiger partial charge in [0.05, 0.1) is 13.2 Å². The van der Waals surface area contributed by atoms with Crippen LogP contribution in [0.2, 0.25) is 0 Å². The fourth-order valence-electron chi connectivity index (χ4n) is 1.63. The van der Waals surface area contributed by atoms with Crippen molar-refractivity contribution in [3.63, 3.8) is 0 Å². The molecular formula is C10H14O3. The average molecular weight is 182 g/mol. The molecule has 2 atom stereocenters. The highest BCUT2D eigenvalue weighted by molar-refractivity contribution is 5.21. The fourth-order valence-corrected chi connectivity index (χ4v) is 1.63. The largest absolute Gasteiger partial charge is 0.373 e. The van der Waals surface area contributed by atoms with Gasteiger partial charge < -0.3 is 14.6 Å². The topological polar surface area (TPSA) is 38.7 Å². The fraction of sp³-hybridized carbons (Fsp3) is 0.600. The quantitative estimate of drug-likeness (QED) is 0.657. The predicted molar refractivity (Wildman–Crippen MR) is 48.2 cm³/mol. The molecule has 13 heavy (non-hydrogen) atoms. The molecule has 0 bridgehead atoms. The molecule has 0 aromatic rings. The first-order valence-electron chi connectivity index (χ1n) is 4.63. The van der Waals surface area contributed by atoms with E-state index in [1.54, 1.807) is 0 Å². The SMILES string of the molecule is OC1COCC(C2=CC=CCC2)O1. The van der Waals surface area contributed by atoms with E-state index in [1.807, 2.05) is 6.08 Å². The molecule has 72 valence electrons. The Kier molecular flexibility index (Phi) is 2.78. The molecule has 0 saturated carbocycles. The predicted octanol–water partition coefficient (Wildman–Crippen LogP) is 0.997. The molecule has 1 aliphatic heterocycles. The lowest BCUT2D eigenvalue weighted by atomic mass is 10.00. The van der Waals surface area contributed by atoms with Crippen molar-refractivity contribution in [1.82, 2.24) is 0 Å². The third-order valence-corrected chi connectivity index (χ3v) is 2.31. The van der Waals surface area contributed by atoms with Gasteiger partial charge in [0.1, 0.15) is 6.10 Å². The Morgan fingerprint density at radius 1 is 1.38 bits per heavy atom. The Balaban J connectivity index is 1.98. The molecule has 0 radical (unpaired) electrons. The van der Waals surface area contributed by atoms with Crippen LogP contribution in [0.15, 0.2) is 23.8 Å². The molecule has 1 aliphatic carbocycles. The van der Waals surface area contributed by atoms with E-state index in [9.17, 15) is 5.11 Å². The van der Waals surface area contributed by atoms with Gasteiger partial charge >= 0.3 is 0 Å². The number of allylic oxidation sites excluding steroid dienone is 3. The zero-order chi connectivity index (χ0) is 9.10. The number of hydrogen-bond donors (Lipinski definition) is 1. The van der Waals surface area contributed by atoms with Crippen LogP contribution in [0.4, 0.5) is 0 Å². The Hall–Kier alpha value is -0.640. The molecule has 2 rings (SSSR count). The highest BCUT2D eigenvalue weighted by atomic mass is 16.7. The molecule has 1 heterocycles. The summed E-state index contributed by atoms with van der Waals surface area (Å²) in [7, 11) is 0. The Labute approximate surface area is 77.7 Å². The molecule has 2 aliphatic rings. The molecule has 1 N–H and O–H groups in total. The van der Waals surface area contributed by atoms with Gasteiger partial charge in [-0.3, -0.25) is 0 Å². The van der Waals surface area contributed by atoms with Crippen LogP contribution in [-0.2, 0) is 9.47 Å². The molecule has 1 saturated heterocycles. The molecule has 3 heteroatoms. The molecule has 0 amide bonds. The van der Waals surface area contributed by atoms with Gasteiger partial charge in [0.15, 0.2) is 6.29 Å². The van der Waals surface area contributed by atoms with Crippen molar-refractivity contribution in [2.75, 3.05) is 13.2 Å². The summed E-state index contributed by atoms with van der Waals surface area (Å²) in [6, 6.07) is 0. The van der Waals surface area contributed by atoms with E-state index in [0.29, 0.717) is 13.2 Å². The second kappa shape index (κ2) is 4.05. The van der Waals surface area contributed by atoms with E-state index in [2.05, 4.69) is 12.2 Å². The molecular weight excluding hydrogens is 168 g/mol. The van der Waals surface area contributed by atoms with Crippen molar-refractivity contribution in [3.05, 3.63) is 23.8 Å². The Bertz CT molecular complexity index is 232. The highest BCUT2D eigenvalue weighted by Gasteiger charge is 2.24. The molecule has 0 aromatic carbocycles. The van der Waals surface area contributed by atoms with Crippen LogP contribution in [0.3, 0.4) is 0 Å². The summed E-state index contributed by atoms with van der Waals surface area (Å²) in [5.74, 6) is 0. The van der Waals surface area contributed by atoms with Crippen LogP contribution in [0, 0.1) is 0 Å². The average Bonchev–Trinajstić information content (AvgIpc) is 2.19. The molecule has 1 fully saturated rings. The number of aliphatic hydroxyl groups is 1. The Morgan fingerprint density at radius 3 is 3.00 bits per heavy atom. The van der Waals surface area contributed by atoms with E-state index in [0.717, 1.165) is 12.8 Å². The summed E-state index contributed by atoms with van der Waals surface area (Å²) in [5, 5.41) is 9.22. The van der Waals surface area contributed by atoms with E-state index < -0.39 is 6.29 Å². The van der Waals surface area contributed by atoms with E-state index in [4.69, 9.17) is 9.47 Å². The van der Waals surface area contributed by atoms with E-state index in [1.165, 1.54) is 5.57 Å². The lowest BCUT2D eigenvalue weighted by Gasteiger charge is -2.29. The van der Waals surface area contributed by atoms with Crippen LogP contribution in [-0.4, -0.2) is 30.7 Å². The van der Waals surface area contributed by atoms with Gasteiger partial charge in [-0.2, -0.15) is 0 Å². The van der Waals surface area contributed by atoms with E-state index >= 15 is 0 Å². The molecule has 0 spiro atoms. The lowest BCUT2D eigenvalue weighted by molar-refractivity contribution is -0.210. The van der Waals surface area contributed by atoms with Gasteiger partial charge in [-0.1, -0.05) is 18.2 Å². The zero-order valence-electron chi connectivity index (χ0n) is 7.48. The van der Waals surface area contributed by atoms with Crippen LogP contribution >= 0.6 is 0 Å². The van der Waals surface area contributed by atoms with Gasteiger partial charge in [-0.15, -0.1) is 0 Å². The first-order chi connectivity index (χ1) is 6.36. The van der Waals surface area contributed by atoms with Crippen molar-refractivity contribution in [1.29, 1.82) is 0 Å². The summed E-state index contributed by atoms with van der Waals surface area (Å²) >= 11 is 0. The second-order valence-electron chi connectivity index (χ2n) is 3.33. The van der Waals surface area contributed by atoms with Gasteiger partial charge in [-0.25, -0.2) is 0 Å². The van der Waals surface area contributed by atoms with E-state index in [-0.39, 0.29) is 6.10 Å². The van der Waals surface area contributed by atoms with Gasteiger partial charge in [-0.05, 0) is 18.4 Å². The minimum Gasteiger partial charge on any atom is -0.373 e. The number of hydrogen-bond acceptors (Lipinski definition) is 3. The minimum absolute atomic E-state index is 0.0475. The van der Waals surface area contributed by atoms with Crippen molar-refractivity contribution in [2.45, 2.75) is 25.2 Å². The maximum absolute atomic E-state index is 9.22. The zero-order valence-corrected chi connectivity index (χ0v) is 7.48. The Morgan fingerprint density at radius 2 is 2.31 bits per heavy atom. The first kappa shape index (κ1) is 8.94. The number of rotatable bonds is 1. The van der Waals surface area contributed by atoms with Crippen molar-refractivity contribution in [2.24, 2.45) is 0 Å². The monoisotopic (exact) mass is 182 g/mol. The molecule has 2 unspecified atom stereocenters. The van der Waals surface area contributed by atoms with Crippen molar-refractivity contribution >= 4 is 0 Å².